The number of hydrogen-bond acceptors (Lipinski definition) is 6. The van der Waals surface area contributed by atoms with Gasteiger partial charge in [-0.2, -0.15) is 0 Å². The number of hydrogen-bond donors (Lipinski definition) is 3. The minimum absolute atomic E-state index is 0.00140. The van der Waals surface area contributed by atoms with Crippen LogP contribution >= 0.6 is 0 Å². The summed E-state index contributed by atoms with van der Waals surface area (Å²) in [7, 11) is 0. The molecule has 4 aromatic rings. The van der Waals surface area contributed by atoms with E-state index in [0.29, 0.717) is 46.5 Å². The van der Waals surface area contributed by atoms with Gasteiger partial charge >= 0.3 is 0 Å². The van der Waals surface area contributed by atoms with Gasteiger partial charge < -0.3 is 24.5 Å². The Bertz CT molecular complexity index is 1510. The molecule has 1 saturated heterocycles. The summed E-state index contributed by atoms with van der Waals surface area (Å²) in [4.78, 5) is 46.7. The Balaban J connectivity index is 0.000000591. The number of aliphatic carboxylic acids is 1. The molecule has 5 heterocycles. The molecule has 0 amide bonds. The van der Waals surface area contributed by atoms with Gasteiger partial charge in [0.15, 0.2) is 0 Å². The van der Waals surface area contributed by atoms with Crippen LogP contribution < -0.4 is 16.4 Å². The molecule has 3 aromatic heterocycles. The van der Waals surface area contributed by atoms with Gasteiger partial charge in [-0.25, -0.2) is 9.97 Å². The first-order valence-corrected chi connectivity index (χ1v) is 11.5. The van der Waals surface area contributed by atoms with Crippen LogP contribution in [0, 0.1) is 5.92 Å². The van der Waals surface area contributed by atoms with Gasteiger partial charge in [-0.1, -0.05) is 12.1 Å². The van der Waals surface area contributed by atoms with Crippen LogP contribution in [0.2, 0.25) is 0 Å². The summed E-state index contributed by atoms with van der Waals surface area (Å²) in [5.74, 6) is 1.17. The number of imidazole rings is 1. The van der Waals surface area contributed by atoms with E-state index in [4.69, 9.17) is 9.90 Å². The smallest absolute Gasteiger partial charge is 0.300 e. The average Bonchev–Trinajstić information content (AvgIpc) is 3.27. The molecule has 2 aliphatic rings. The number of pyridine rings is 1. The summed E-state index contributed by atoms with van der Waals surface area (Å²) in [5.41, 5.74) is 2.16. The van der Waals surface area contributed by atoms with Gasteiger partial charge in [-0.3, -0.25) is 14.4 Å². The molecule has 0 spiro atoms. The molecular weight excluding hydrogens is 448 g/mol. The van der Waals surface area contributed by atoms with Gasteiger partial charge in [-0.05, 0) is 43.1 Å². The highest BCUT2D eigenvalue weighted by atomic mass is 16.4. The number of nitrogens with zero attached hydrogens (tertiary/aromatic N) is 4. The summed E-state index contributed by atoms with van der Waals surface area (Å²) in [6.07, 6.45) is 4.63. The second kappa shape index (κ2) is 9.30. The Morgan fingerprint density at radius 1 is 1.17 bits per heavy atom. The van der Waals surface area contributed by atoms with Crippen LogP contribution in [0.1, 0.15) is 30.8 Å². The number of para-hydroxylation sites is 1. The van der Waals surface area contributed by atoms with Crippen LogP contribution in [0.4, 0.5) is 0 Å². The minimum atomic E-state index is -0.833. The molecule has 0 radical (unpaired) electrons. The lowest BCUT2D eigenvalue weighted by Gasteiger charge is -2.37. The summed E-state index contributed by atoms with van der Waals surface area (Å²) >= 11 is 0. The molecule has 10 heteroatoms. The monoisotopic (exact) mass is 474 g/mol. The number of benzene rings is 1. The van der Waals surface area contributed by atoms with Gasteiger partial charge in [0, 0.05) is 44.0 Å². The molecule has 35 heavy (non-hydrogen) atoms. The number of H-pyrrole nitrogens is 1. The molecule has 2 atom stereocenters. The number of aromatic amines is 1. The number of nitrogens with one attached hydrogen (secondary N) is 2. The van der Waals surface area contributed by atoms with Gasteiger partial charge in [0.05, 0.1) is 23.0 Å². The maximum Gasteiger partial charge on any atom is 0.300 e. The maximum absolute atomic E-state index is 13.4. The number of carboxylic acids is 1. The van der Waals surface area contributed by atoms with E-state index in [2.05, 4.69) is 26.3 Å². The number of fused-ring (bicyclic) bond motifs is 5. The second-order valence-corrected chi connectivity index (χ2v) is 8.97. The Labute approximate surface area is 200 Å². The van der Waals surface area contributed by atoms with Crippen LogP contribution in [0.5, 0.6) is 0 Å². The third-order valence-electron chi connectivity index (χ3n) is 6.45. The molecule has 1 aromatic carbocycles. The molecule has 0 aliphatic carbocycles. The van der Waals surface area contributed by atoms with Crippen molar-refractivity contribution in [1.82, 2.24) is 29.4 Å². The highest BCUT2D eigenvalue weighted by Gasteiger charge is 2.31. The van der Waals surface area contributed by atoms with Crippen molar-refractivity contribution in [2.24, 2.45) is 5.92 Å². The third kappa shape index (κ3) is 4.52. The third-order valence-corrected chi connectivity index (χ3v) is 6.45. The van der Waals surface area contributed by atoms with Gasteiger partial charge in [0.25, 0.3) is 17.1 Å². The molecule has 3 N–H and O–H groups in total. The zero-order chi connectivity index (χ0) is 24.5. The molecule has 10 nitrogen and oxygen atoms in total. The van der Waals surface area contributed by atoms with E-state index in [1.54, 1.807) is 12.3 Å². The van der Waals surface area contributed by atoms with Crippen LogP contribution in [0.15, 0.2) is 58.4 Å². The lowest BCUT2D eigenvalue weighted by Crippen LogP contribution is -2.45. The van der Waals surface area contributed by atoms with E-state index < -0.39 is 5.97 Å². The van der Waals surface area contributed by atoms with E-state index >= 15 is 0 Å². The Kier molecular flexibility index (Phi) is 6.04. The summed E-state index contributed by atoms with van der Waals surface area (Å²) in [6.45, 7) is 4.03. The highest BCUT2D eigenvalue weighted by molar-refractivity contribution is 5.77. The van der Waals surface area contributed by atoms with E-state index in [1.807, 2.05) is 39.6 Å². The lowest BCUT2D eigenvalue weighted by molar-refractivity contribution is -0.134. The van der Waals surface area contributed by atoms with Crippen LogP contribution in [-0.4, -0.2) is 48.3 Å². The van der Waals surface area contributed by atoms with Crippen LogP contribution in [-0.2, 0) is 17.9 Å². The normalized spacial score (nSPS) is 18.4. The molecule has 180 valence electrons. The molecule has 1 fully saturated rings. The molecule has 6 rings (SSSR count). The maximum atomic E-state index is 13.4. The molecule has 0 saturated carbocycles. The van der Waals surface area contributed by atoms with Gasteiger partial charge in [0.1, 0.15) is 11.6 Å². The van der Waals surface area contributed by atoms with Crippen molar-refractivity contribution in [3.63, 3.8) is 0 Å². The summed E-state index contributed by atoms with van der Waals surface area (Å²) in [5, 5.41) is 11.5. The van der Waals surface area contributed by atoms with E-state index in [-0.39, 0.29) is 11.1 Å². The number of piperidine rings is 1. The predicted octanol–water partition coefficient (Wildman–Crippen LogP) is 1.79. The average molecular weight is 475 g/mol. The Morgan fingerprint density at radius 2 is 1.97 bits per heavy atom. The first-order chi connectivity index (χ1) is 16.9. The van der Waals surface area contributed by atoms with Crippen molar-refractivity contribution >= 4 is 16.9 Å². The summed E-state index contributed by atoms with van der Waals surface area (Å²) < 4.78 is 3.80. The fraction of sp³-hybridized carbons (Fsp3) is 0.320. The quantitative estimate of drug-likeness (QED) is 0.412. The Hall–Kier alpha value is -4.05. The minimum Gasteiger partial charge on any atom is -0.481 e. The van der Waals surface area contributed by atoms with Crippen molar-refractivity contribution in [3.05, 3.63) is 81.0 Å². The van der Waals surface area contributed by atoms with Crippen molar-refractivity contribution < 1.29 is 9.90 Å². The molecule has 2 bridgehead atoms. The number of carbonyl (C=O) groups is 1. The second-order valence-electron chi connectivity index (χ2n) is 8.97. The Morgan fingerprint density at radius 3 is 2.80 bits per heavy atom. The SMILES string of the molecule is CC(=O)O.O=c1[nH]c(Cn2ccnc2-c2ccc3n(c2=O)C[C@@H]2CNC[C@H]3C2)nc2ccccc12. The predicted molar refractivity (Wildman–Crippen MR) is 130 cm³/mol. The van der Waals surface area contributed by atoms with Gasteiger partial charge in [-0.15, -0.1) is 0 Å². The van der Waals surface area contributed by atoms with E-state index in [1.165, 1.54) is 0 Å². The van der Waals surface area contributed by atoms with E-state index in [9.17, 15) is 9.59 Å². The number of carboxylic acid groups (broad SMARTS) is 1. The molecule has 2 aliphatic heterocycles. The first kappa shape index (κ1) is 22.7. The van der Waals surface area contributed by atoms with Crippen molar-refractivity contribution in [2.45, 2.75) is 32.4 Å². The fourth-order valence-corrected chi connectivity index (χ4v) is 5.01. The van der Waals surface area contributed by atoms with E-state index in [0.717, 1.165) is 38.7 Å². The zero-order valence-electron chi connectivity index (χ0n) is 19.3. The summed E-state index contributed by atoms with van der Waals surface area (Å²) in [6, 6.07) is 11.2. The highest BCUT2D eigenvalue weighted by Crippen LogP contribution is 2.32. The van der Waals surface area contributed by atoms with Gasteiger partial charge in [0.2, 0.25) is 0 Å². The number of rotatable bonds is 3. The number of aromatic nitrogens is 5. The molecular formula is C25H26N6O4. The van der Waals surface area contributed by atoms with Crippen molar-refractivity contribution in [3.8, 4) is 11.4 Å². The lowest BCUT2D eigenvalue weighted by atomic mass is 9.84. The standard InChI is InChI=1S/C23H22N6O2.C2H4O2/c30-22-16-3-1-2-4-18(16)26-20(27-22)13-28-8-7-25-21(28)17-5-6-19-15-9-14(10-24-11-15)12-29(19)23(17)31;1-2(3)4/h1-8,14-15,24H,9-13H2,(H,26,27,30);1H3,(H,3,4)/t14-,15+;/m0./s1. The topological polar surface area (TPSA) is 135 Å². The fourth-order valence-electron chi connectivity index (χ4n) is 5.01. The van der Waals surface area contributed by atoms with Crippen LogP contribution in [0.3, 0.4) is 0 Å². The van der Waals surface area contributed by atoms with Crippen LogP contribution in [0.25, 0.3) is 22.3 Å². The molecule has 0 unspecified atom stereocenters. The first-order valence-electron chi connectivity index (χ1n) is 11.5. The van der Waals surface area contributed by atoms with Crippen molar-refractivity contribution in [1.29, 1.82) is 0 Å². The largest absolute Gasteiger partial charge is 0.481 e. The zero-order valence-corrected chi connectivity index (χ0v) is 19.3. The van der Waals surface area contributed by atoms with Crippen molar-refractivity contribution in [2.75, 3.05) is 13.1 Å².